The van der Waals surface area contributed by atoms with Gasteiger partial charge in [-0.25, -0.2) is 0 Å². The second kappa shape index (κ2) is 5.52. The van der Waals surface area contributed by atoms with E-state index in [0.29, 0.717) is 16.9 Å². The fourth-order valence-electron chi connectivity index (χ4n) is 1.73. The summed E-state index contributed by atoms with van der Waals surface area (Å²) < 4.78 is 5.20. The van der Waals surface area contributed by atoms with Crippen molar-refractivity contribution in [3.8, 4) is 0 Å². The highest BCUT2D eigenvalue weighted by molar-refractivity contribution is 6.28. The van der Waals surface area contributed by atoms with Gasteiger partial charge in [0.1, 0.15) is 0 Å². The number of aryl methyl sites for hydroxylation is 1. The number of hydrogen-bond donors (Lipinski definition) is 0. The molecule has 0 atom stereocenters. The smallest absolute Gasteiger partial charge is 0.198 e. The molecule has 0 fully saturated rings. The number of carbonyl (C=O) groups excluding carboxylic acids is 1. The lowest BCUT2D eigenvalue weighted by molar-refractivity contribution is 0.105. The summed E-state index contributed by atoms with van der Waals surface area (Å²) in [6.07, 6.45) is 1.75. The van der Waals surface area contributed by atoms with Gasteiger partial charge >= 0.3 is 0 Å². The maximum absolute atomic E-state index is 12.5. The van der Waals surface area contributed by atoms with E-state index < -0.39 is 0 Å². The summed E-state index contributed by atoms with van der Waals surface area (Å²) in [4.78, 5) is 14.3. The van der Waals surface area contributed by atoms with Crippen LogP contribution in [0, 0.1) is 6.92 Å². The zero-order valence-corrected chi connectivity index (χ0v) is 11.3. The Morgan fingerprint density at radius 2 is 1.95 bits per heavy atom. The fourth-order valence-corrected chi connectivity index (χ4v) is 1.73. The molecule has 0 bridgehead atoms. The molecule has 98 valence electrons. The minimum atomic E-state index is -0.0783. The molecule has 0 radical (unpaired) electrons. The largest absolute Gasteiger partial charge is 0.383 e. The second-order valence-corrected chi connectivity index (χ2v) is 4.53. The number of allylic oxidation sites excluding steroid dienone is 1. The summed E-state index contributed by atoms with van der Waals surface area (Å²) in [5.74, 6) is 0.408. The van der Waals surface area contributed by atoms with E-state index >= 15 is 0 Å². The van der Waals surface area contributed by atoms with Crippen molar-refractivity contribution in [3.63, 3.8) is 0 Å². The van der Waals surface area contributed by atoms with Crippen molar-refractivity contribution < 1.29 is 9.32 Å². The maximum Gasteiger partial charge on any atom is 0.198 e. The van der Waals surface area contributed by atoms with Crippen LogP contribution in [0.5, 0.6) is 0 Å². The number of ketones is 1. The molecule has 0 aliphatic rings. The molecule has 19 heavy (non-hydrogen) atoms. The molecule has 2 rings (SSSR count). The van der Waals surface area contributed by atoms with E-state index in [4.69, 9.17) is 4.52 Å². The van der Waals surface area contributed by atoms with Crippen molar-refractivity contribution in [3.05, 3.63) is 59.6 Å². The third-order valence-electron chi connectivity index (χ3n) is 2.56. The predicted molar refractivity (Wildman–Crippen MR) is 73.7 cm³/mol. The van der Waals surface area contributed by atoms with Crippen LogP contribution in [-0.4, -0.2) is 29.9 Å². The maximum atomic E-state index is 12.5. The van der Waals surface area contributed by atoms with E-state index in [1.165, 1.54) is 0 Å². The Morgan fingerprint density at radius 3 is 2.47 bits per heavy atom. The summed E-state index contributed by atoms with van der Waals surface area (Å²) in [6, 6.07) is 10.9. The number of Topliss-reactive ketones (excluding diaryl/α,β-unsaturated/α-hetero) is 1. The molecule has 0 N–H and O–H groups in total. The minimum Gasteiger partial charge on any atom is -0.383 e. The van der Waals surface area contributed by atoms with Crippen LogP contribution >= 0.6 is 0 Å². The third-order valence-corrected chi connectivity index (χ3v) is 2.56. The molecule has 1 heterocycles. The van der Waals surface area contributed by atoms with Crippen LogP contribution in [0.15, 0.2) is 47.1 Å². The Morgan fingerprint density at radius 1 is 1.26 bits per heavy atom. The van der Waals surface area contributed by atoms with Gasteiger partial charge in [0.05, 0.1) is 11.3 Å². The lowest BCUT2D eigenvalue weighted by Gasteiger charge is -2.09. The first kappa shape index (κ1) is 13.1. The first-order chi connectivity index (χ1) is 9.08. The molecule has 0 aliphatic carbocycles. The molecule has 0 spiro atoms. The first-order valence-corrected chi connectivity index (χ1v) is 5.99. The molecule has 0 amide bonds. The molecule has 1 aromatic heterocycles. The van der Waals surface area contributed by atoms with Gasteiger partial charge in [0.2, 0.25) is 0 Å². The summed E-state index contributed by atoms with van der Waals surface area (Å²) in [5.41, 5.74) is 1.88. The number of nitrogens with zero attached hydrogens (tertiary/aromatic N) is 2. The number of carbonyl (C=O) groups is 1. The van der Waals surface area contributed by atoms with Gasteiger partial charge in [0.15, 0.2) is 11.5 Å². The lowest BCUT2D eigenvalue weighted by atomic mass is 10.0. The van der Waals surface area contributed by atoms with Gasteiger partial charge in [-0.3, -0.25) is 4.79 Å². The van der Waals surface area contributed by atoms with E-state index in [-0.39, 0.29) is 5.78 Å². The molecular formula is C15H16N2O2. The third kappa shape index (κ3) is 3.10. The van der Waals surface area contributed by atoms with Crippen LogP contribution in [-0.2, 0) is 0 Å². The zero-order valence-electron chi connectivity index (χ0n) is 11.3. The summed E-state index contributed by atoms with van der Waals surface area (Å²) >= 11 is 0. The second-order valence-electron chi connectivity index (χ2n) is 4.53. The minimum absolute atomic E-state index is 0.0783. The Bertz CT molecular complexity index is 598. The summed E-state index contributed by atoms with van der Waals surface area (Å²) in [6.45, 7) is 1.83. The molecule has 0 saturated heterocycles. The standard InChI is InChI=1S/C15H16N2O2/c1-11-9-14(19-16-11)13(10-17(2)3)15(18)12-7-5-4-6-8-12/h4-10H,1-3H3/b13-10-. The normalized spacial score (nSPS) is 11.4. The van der Waals surface area contributed by atoms with E-state index in [9.17, 15) is 4.79 Å². The van der Waals surface area contributed by atoms with Crippen molar-refractivity contribution in [2.75, 3.05) is 14.1 Å². The first-order valence-electron chi connectivity index (χ1n) is 5.99. The Hall–Kier alpha value is -2.36. The van der Waals surface area contributed by atoms with E-state index in [1.807, 2.05) is 44.1 Å². The van der Waals surface area contributed by atoms with Gasteiger partial charge in [0, 0.05) is 31.9 Å². The van der Waals surface area contributed by atoms with Crippen LogP contribution < -0.4 is 0 Å². The molecule has 0 saturated carbocycles. The summed E-state index contributed by atoms with van der Waals surface area (Å²) in [5, 5.41) is 3.83. The molecule has 2 aromatic rings. The van der Waals surface area contributed by atoms with Gasteiger partial charge in [0.25, 0.3) is 0 Å². The van der Waals surface area contributed by atoms with E-state index in [2.05, 4.69) is 5.16 Å². The average molecular weight is 256 g/mol. The van der Waals surface area contributed by atoms with Crippen molar-refractivity contribution in [2.45, 2.75) is 6.92 Å². The van der Waals surface area contributed by atoms with Crippen LogP contribution in [0.25, 0.3) is 5.57 Å². The SMILES string of the molecule is Cc1cc(/C(=C/N(C)C)C(=O)c2ccccc2)on1. The van der Waals surface area contributed by atoms with Gasteiger partial charge in [-0.1, -0.05) is 35.5 Å². The number of hydrogen-bond acceptors (Lipinski definition) is 4. The number of aromatic nitrogens is 1. The topological polar surface area (TPSA) is 46.3 Å². The Balaban J connectivity index is 2.42. The van der Waals surface area contributed by atoms with Crippen LogP contribution in [0.2, 0.25) is 0 Å². The van der Waals surface area contributed by atoms with Gasteiger partial charge in [-0.15, -0.1) is 0 Å². The molecule has 0 unspecified atom stereocenters. The van der Waals surface area contributed by atoms with Crippen LogP contribution in [0.4, 0.5) is 0 Å². The van der Waals surface area contributed by atoms with E-state index in [1.54, 1.807) is 24.4 Å². The highest BCUT2D eigenvalue weighted by Crippen LogP contribution is 2.21. The highest BCUT2D eigenvalue weighted by atomic mass is 16.5. The predicted octanol–water partition coefficient (Wildman–Crippen LogP) is 2.77. The molecule has 4 nitrogen and oxygen atoms in total. The molecular weight excluding hydrogens is 240 g/mol. The fraction of sp³-hybridized carbons (Fsp3) is 0.200. The lowest BCUT2D eigenvalue weighted by Crippen LogP contribution is -2.08. The van der Waals surface area contributed by atoms with Gasteiger partial charge < -0.3 is 9.42 Å². The Labute approximate surface area is 112 Å². The number of rotatable bonds is 4. The van der Waals surface area contributed by atoms with Crippen molar-refractivity contribution in [2.24, 2.45) is 0 Å². The molecule has 4 heteroatoms. The monoisotopic (exact) mass is 256 g/mol. The van der Waals surface area contributed by atoms with Crippen LogP contribution in [0.1, 0.15) is 21.8 Å². The van der Waals surface area contributed by atoms with Crippen LogP contribution in [0.3, 0.4) is 0 Å². The average Bonchev–Trinajstić information content (AvgIpc) is 2.82. The van der Waals surface area contributed by atoms with Crippen molar-refractivity contribution in [1.29, 1.82) is 0 Å². The van der Waals surface area contributed by atoms with Gasteiger partial charge in [-0.2, -0.15) is 0 Å². The molecule has 0 aliphatic heterocycles. The number of benzene rings is 1. The quantitative estimate of drug-likeness (QED) is 0.623. The zero-order chi connectivity index (χ0) is 13.8. The summed E-state index contributed by atoms with van der Waals surface area (Å²) in [7, 11) is 3.73. The van der Waals surface area contributed by atoms with E-state index in [0.717, 1.165) is 5.69 Å². The molecule has 1 aromatic carbocycles. The Kier molecular flexibility index (Phi) is 3.80. The van der Waals surface area contributed by atoms with Crippen molar-refractivity contribution >= 4 is 11.4 Å². The highest BCUT2D eigenvalue weighted by Gasteiger charge is 2.18. The van der Waals surface area contributed by atoms with Crippen molar-refractivity contribution in [1.82, 2.24) is 10.1 Å². The van der Waals surface area contributed by atoms with Gasteiger partial charge in [-0.05, 0) is 6.92 Å².